The third kappa shape index (κ3) is 21.3. The molecule has 0 aromatic carbocycles. The molecule has 1 atom stereocenters. The van der Waals surface area contributed by atoms with Crippen LogP contribution in [0.4, 0.5) is 0 Å². The van der Waals surface area contributed by atoms with E-state index >= 15 is 0 Å². The topological polar surface area (TPSA) is 270 Å². The average Bonchev–Trinajstić information content (AvgIpc) is 3.08. The summed E-state index contributed by atoms with van der Waals surface area (Å²) in [7, 11) is 0. The number of carbonyl (C=O) groups excluding carboxylic acids is 7. The quantitative estimate of drug-likeness (QED) is 0.0184. The van der Waals surface area contributed by atoms with Crippen molar-refractivity contribution in [2.24, 2.45) is 34.0 Å². The van der Waals surface area contributed by atoms with E-state index in [0.717, 1.165) is 9.80 Å². The van der Waals surface area contributed by atoms with Gasteiger partial charge < -0.3 is 56.8 Å². The Hall–Kier alpha value is -5.22. The van der Waals surface area contributed by atoms with E-state index in [-0.39, 0.29) is 57.1 Å². The van der Waals surface area contributed by atoms with Crippen LogP contribution in [0.2, 0.25) is 0 Å². The van der Waals surface area contributed by atoms with Crippen LogP contribution in [-0.2, 0) is 33.6 Å². The number of aliphatic imine (C=N–C) groups is 1. The fourth-order valence-electron chi connectivity index (χ4n) is 5.18. The van der Waals surface area contributed by atoms with Crippen LogP contribution in [0, 0.1) is 24.2 Å². The Morgan fingerprint density at radius 1 is 0.709 bits per heavy atom. The Morgan fingerprint density at radius 3 is 1.56 bits per heavy atom. The number of hydrogen-bond donors (Lipinski definition) is 5. The van der Waals surface area contributed by atoms with Gasteiger partial charge in [0.2, 0.25) is 41.4 Å². The molecule has 0 rings (SSSR count). The summed E-state index contributed by atoms with van der Waals surface area (Å²) in [5, 5.41) is 19.1. The third-order valence-corrected chi connectivity index (χ3v) is 7.76. The van der Waals surface area contributed by atoms with Crippen molar-refractivity contribution in [3.05, 3.63) is 12.7 Å². The second-order valence-electron chi connectivity index (χ2n) is 13.9. The zero-order valence-electron chi connectivity index (χ0n) is 33.0. The summed E-state index contributed by atoms with van der Waals surface area (Å²) in [5.41, 5.74) is 16.1. The maximum Gasteiger partial charge on any atom is 0.242 e. The van der Waals surface area contributed by atoms with E-state index in [4.69, 9.17) is 23.6 Å². The van der Waals surface area contributed by atoms with Crippen LogP contribution in [0.15, 0.2) is 17.6 Å². The molecule has 0 fully saturated rings. The molecule has 0 bridgehead atoms. The predicted octanol–water partition coefficient (Wildman–Crippen LogP) is -3.00. The van der Waals surface area contributed by atoms with Crippen molar-refractivity contribution >= 4 is 47.3 Å². The highest BCUT2D eigenvalue weighted by atomic mass is 16.3. The molecule has 55 heavy (non-hydrogen) atoms. The number of nitrogens with zero attached hydrogens (tertiary/aromatic N) is 7. The van der Waals surface area contributed by atoms with Gasteiger partial charge in [0.1, 0.15) is 13.1 Å². The lowest BCUT2D eigenvalue weighted by Gasteiger charge is -2.33. The first kappa shape index (κ1) is 49.8. The second kappa shape index (κ2) is 26.5. The van der Waals surface area contributed by atoms with Gasteiger partial charge in [0.15, 0.2) is 5.96 Å². The Kier molecular flexibility index (Phi) is 24.0. The van der Waals surface area contributed by atoms with Gasteiger partial charge in [0.05, 0.1) is 45.4 Å². The first-order chi connectivity index (χ1) is 25.7. The van der Waals surface area contributed by atoms with Gasteiger partial charge in [-0.15, -0.1) is 13.0 Å². The lowest BCUT2D eigenvalue weighted by Crippen LogP contribution is -2.53. The van der Waals surface area contributed by atoms with Crippen molar-refractivity contribution in [3.63, 3.8) is 0 Å². The van der Waals surface area contributed by atoms with Crippen molar-refractivity contribution in [1.29, 1.82) is 0 Å². The van der Waals surface area contributed by atoms with Crippen molar-refractivity contribution < 1.29 is 43.8 Å². The standard InChI is InChI=1S/C36H62N10O9/c1-8-13-41(28(7)48)20-31(51)43(15-11-10-12-40-36(38)39)22-33(53)45(17-27(5)6)24-35(55)44(16-26(3)4)23-32(52)42(14-9-2)21-34(54)46(19-30(37)50)18-29(49)25-47/h1,9,26-27,29,47,49H,2,10-25H2,3-7H3,(H2,37,50)(H4,38,39,40). The summed E-state index contributed by atoms with van der Waals surface area (Å²) in [6, 6.07) is 0. The van der Waals surface area contributed by atoms with Crippen molar-refractivity contribution in [2.45, 2.75) is 53.6 Å². The highest BCUT2D eigenvalue weighted by Gasteiger charge is 2.30. The lowest BCUT2D eigenvalue weighted by molar-refractivity contribution is -0.148. The molecule has 0 saturated carbocycles. The van der Waals surface area contributed by atoms with Gasteiger partial charge in [0, 0.05) is 46.2 Å². The zero-order valence-corrected chi connectivity index (χ0v) is 33.0. The molecule has 0 heterocycles. The molecule has 0 saturated heterocycles. The van der Waals surface area contributed by atoms with E-state index in [2.05, 4.69) is 17.5 Å². The number of hydrogen-bond acceptors (Lipinski definition) is 10. The number of aliphatic hydroxyl groups is 2. The van der Waals surface area contributed by atoms with Gasteiger partial charge >= 0.3 is 0 Å². The molecule has 0 spiro atoms. The minimum absolute atomic E-state index is 0.0829. The van der Waals surface area contributed by atoms with E-state index in [0.29, 0.717) is 19.4 Å². The molecule has 0 radical (unpaired) electrons. The molecule has 0 aromatic rings. The Morgan fingerprint density at radius 2 is 1.15 bits per heavy atom. The number of unbranched alkanes of at least 4 members (excludes halogenated alkanes) is 1. The molecule has 0 aliphatic heterocycles. The highest BCUT2D eigenvalue weighted by molar-refractivity contribution is 5.92. The molecular formula is C36H62N10O9. The van der Waals surface area contributed by atoms with E-state index in [9.17, 15) is 43.8 Å². The largest absolute Gasteiger partial charge is 0.394 e. The number of carbonyl (C=O) groups is 7. The summed E-state index contributed by atoms with van der Waals surface area (Å²) in [4.78, 5) is 103. The van der Waals surface area contributed by atoms with Gasteiger partial charge in [-0.05, 0) is 24.7 Å². The molecular weight excluding hydrogens is 716 g/mol. The second-order valence-corrected chi connectivity index (χ2v) is 13.9. The molecule has 0 aliphatic carbocycles. The number of guanidine groups is 1. The first-order valence-corrected chi connectivity index (χ1v) is 18.1. The zero-order chi connectivity index (χ0) is 42.2. The smallest absolute Gasteiger partial charge is 0.242 e. The number of terminal acetylenes is 1. The van der Waals surface area contributed by atoms with Gasteiger partial charge in [-0.2, -0.15) is 0 Å². The molecule has 0 aliphatic rings. The van der Waals surface area contributed by atoms with Crippen LogP contribution in [0.5, 0.6) is 0 Å². The highest BCUT2D eigenvalue weighted by Crippen LogP contribution is 2.09. The van der Waals surface area contributed by atoms with E-state index in [1.54, 1.807) is 0 Å². The minimum Gasteiger partial charge on any atom is -0.394 e. The third-order valence-electron chi connectivity index (χ3n) is 7.76. The molecule has 1 unspecified atom stereocenters. The molecule has 19 heteroatoms. The number of nitrogens with two attached hydrogens (primary N) is 3. The summed E-state index contributed by atoms with van der Waals surface area (Å²) in [5.74, 6) is -2.23. The van der Waals surface area contributed by atoms with Gasteiger partial charge in [-0.1, -0.05) is 39.7 Å². The number of primary amides is 1. The van der Waals surface area contributed by atoms with Crippen LogP contribution in [-0.4, -0.2) is 185 Å². The van der Waals surface area contributed by atoms with Crippen LogP contribution in [0.3, 0.4) is 0 Å². The Labute approximate surface area is 324 Å². The van der Waals surface area contributed by atoms with Crippen LogP contribution >= 0.6 is 0 Å². The SMILES string of the molecule is C#CCN(CC(=O)N(CCCCN=C(N)N)CC(=O)N(CC(=O)N(CC(=O)N(CC=C)CC(=O)N(CC(N)=O)CC(O)CO)CC(C)C)CC(C)C)C(C)=O. The normalized spacial score (nSPS) is 11.2. The fourth-order valence-corrected chi connectivity index (χ4v) is 5.18. The first-order valence-electron chi connectivity index (χ1n) is 18.1. The van der Waals surface area contributed by atoms with E-state index in [1.807, 2.05) is 27.7 Å². The molecule has 7 amide bonds. The van der Waals surface area contributed by atoms with Gasteiger partial charge in [-0.25, -0.2) is 0 Å². The molecule has 0 aromatic heterocycles. The number of aliphatic hydroxyl groups excluding tert-OH is 2. The summed E-state index contributed by atoms with van der Waals surface area (Å²) in [6.07, 6.45) is 6.31. The van der Waals surface area contributed by atoms with Crippen molar-refractivity contribution in [1.82, 2.24) is 29.4 Å². The van der Waals surface area contributed by atoms with Crippen molar-refractivity contribution in [2.75, 3.05) is 91.7 Å². The molecule has 310 valence electrons. The molecule has 8 N–H and O–H groups in total. The summed E-state index contributed by atoms with van der Waals surface area (Å²) >= 11 is 0. The monoisotopic (exact) mass is 778 g/mol. The van der Waals surface area contributed by atoms with Crippen LogP contribution < -0.4 is 17.2 Å². The summed E-state index contributed by atoms with van der Waals surface area (Å²) < 4.78 is 0. The van der Waals surface area contributed by atoms with Crippen LogP contribution in [0.1, 0.15) is 47.5 Å². The van der Waals surface area contributed by atoms with Crippen LogP contribution in [0.25, 0.3) is 0 Å². The fraction of sp³-hybridized carbons (Fsp3) is 0.667. The maximum absolute atomic E-state index is 13.9. The maximum atomic E-state index is 13.9. The van der Waals surface area contributed by atoms with Crippen molar-refractivity contribution in [3.8, 4) is 12.3 Å². The predicted molar refractivity (Wildman–Crippen MR) is 206 cm³/mol. The number of rotatable bonds is 27. The average molecular weight is 779 g/mol. The minimum atomic E-state index is -1.35. The lowest BCUT2D eigenvalue weighted by atomic mass is 10.2. The van der Waals surface area contributed by atoms with Gasteiger partial charge in [0.25, 0.3) is 0 Å². The number of amides is 7. The molecule has 19 nitrogen and oxygen atoms in total. The summed E-state index contributed by atoms with van der Waals surface area (Å²) in [6.45, 7) is 8.90. The van der Waals surface area contributed by atoms with E-state index < -0.39 is 93.3 Å². The Balaban J connectivity index is 6.28. The van der Waals surface area contributed by atoms with Gasteiger partial charge in [-0.3, -0.25) is 38.6 Å². The van der Waals surface area contributed by atoms with E-state index in [1.165, 1.54) is 32.6 Å². The Bertz CT molecular complexity index is 1380.